The zero-order valence-electron chi connectivity index (χ0n) is 15.7. The Morgan fingerprint density at radius 2 is 1.62 bits per heavy atom. The van der Waals surface area contributed by atoms with Gasteiger partial charge in [-0.1, -0.05) is 52.4 Å². The average molecular weight is 375 g/mol. The minimum Gasteiger partial charge on any atom is -0.823 e. The van der Waals surface area contributed by atoms with Crippen LogP contribution in [0.1, 0.15) is 19.4 Å². The lowest BCUT2D eigenvalue weighted by molar-refractivity contribution is -0.207. The normalized spacial score (nSPS) is 11.4. The van der Waals surface area contributed by atoms with Gasteiger partial charge in [0.1, 0.15) is 0 Å². The van der Waals surface area contributed by atoms with Crippen molar-refractivity contribution in [2.75, 3.05) is 27.9 Å². The van der Waals surface area contributed by atoms with Gasteiger partial charge in [-0.2, -0.15) is 0 Å². The molecule has 0 radical (unpaired) electrons. The number of benzene rings is 2. The van der Waals surface area contributed by atoms with E-state index in [0.717, 1.165) is 0 Å². The van der Waals surface area contributed by atoms with Gasteiger partial charge in [0.2, 0.25) is 11.5 Å². The van der Waals surface area contributed by atoms with Crippen LogP contribution in [0.15, 0.2) is 36.4 Å². The number of methoxy groups -OCH3 is 3. The summed E-state index contributed by atoms with van der Waals surface area (Å²) in [7, 11) is 5.11. The van der Waals surface area contributed by atoms with E-state index in [1.807, 2.05) is 18.2 Å². The summed E-state index contributed by atoms with van der Waals surface area (Å²) in [6, 6.07) is 10.9. The zero-order valence-corrected chi connectivity index (χ0v) is 16.6. The van der Waals surface area contributed by atoms with Gasteiger partial charge < -0.3 is 24.1 Å². The van der Waals surface area contributed by atoms with Crippen LogP contribution < -0.4 is 29.4 Å². The summed E-state index contributed by atoms with van der Waals surface area (Å²) in [6.07, 6.45) is 0. The molecule has 0 aliphatic carbocycles. The lowest BCUT2D eigenvalue weighted by Crippen LogP contribution is -2.18. The first-order valence-corrected chi connectivity index (χ1v) is 9.18. The maximum Gasteiger partial charge on any atom is 0.208 e. The number of hydrogen-bond donors (Lipinski definition) is 0. The molecule has 0 spiro atoms. The van der Waals surface area contributed by atoms with Crippen LogP contribution in [0.3, 0.4) is 0 Å². The fraction of sp³-hybridized carbons (Fsp3) is 0.350. The molecule has 26 heavy (non-hydrogen) atoms. The Balaban J connectivity index is 2.56. The second-order valence-corrected chi connectivity index (χ2v) is 7.09. The molecule has 0 aliphatic heterocycles. The highest BCUT2D eigenvalue weighted by atomic mass is 31.1. The van der Waals surface area contributed by atoms with Crippen molar-refractivity contribution in [3.8, 4) is 23.0 Å². The molecule has 0 heterocycles. The molecule has 6 heteroatoms. The number of ether oxygens (including phenoxy) is 4. The molecule has 0 fully saturated rings. The van der Waals surface area contributed by atoms with Crippen LogP contribution in [0.25, 0.3) is 0 Å². The molecule has 0 saturated heterocycles. The molecule has 2 aromatic carbocycles. The third-order valence-corrected chi connectivity index (χ3v) is 4.60. The second kappa shape index (κ2) is 9.46. The molecule has 2 rings (SSSR count). The summed E-state index contributed by atoms with van der Waals surface area (Å²) in [5, 5.41) is 13.3. The van der Waals surface area contributed by atoms with E-state index in [2.05, 4.69) is 13.8 Å². The van der Waals surface area contributed by atoms with Crippen molar-refractivity contribution in [3.63, 3.8) is 0 Å². The molecule has 0 bridgehead atoms. The molecule has 0 atom stereocenters. The lowest BCUT2D eigenvalue weighted by Gasteiger charge is -2.20. The standard InChI is InChI=1S/C20H25O5P/c1-13(2)12-25-17-15(22-3)11-16(18(23-4)19(17)24-5)26-20(21)14-9-7-6-8-10-14/h6-11,13,21H,12H2,1-5H3/p-1. The average Bonchev–Trinajstić information content (AvgIpc) is 2.66. The monoisotopic (exact) mass is 375 g/mol. The van der Waals surface area contributed by atoms with Gasteiger partial charge in [0, 0.05) is 0 Å². The molecule has 0 aromatic heterocycles. The molecule has 0 N–H and O–H groups in total. The fourth-order valence-corrected chi connectivity index (χ4v) is 3.32. The van der Waals surface area contributed by atoms with Crippen molar-refractivity contribution in [3.05, 3.63) is 42.0 Å². The minimum absolute atomic E-state index is 0.0381. The molecule has 2 aromatic rings. The van der Waals surface area contributed by atoms with E-state index in [1.165, 1.54) is 0 Å². The van der Waals surface area contributed by atoms with Crippen molar-refractivity contribution in [2.45, 2.75) is 13.8 Å². The van der Waals surface area contributed by atoms with Gasteiger partial charge in [-0.3, -0.25) is 0 Å². The van der Waals surface area contributed by atoms with Gasteiger partial charge in [-0.15, -0.1) is 5.48 Å². The van der Waals surface area contributed by atoms with Crippen LogP contribution in [0, 0.1) is 5.92 Å². The quantitative estimate of drug-likeness (QED) is 0.664. The van der Waals surface area contributed by atoms with Crippen molar-refractivity contribution in [1.29, 1.82) is 0 Å². The van der Waals surface area contributed by atoms with Crippen molar-refractivity contribution >= 4 is 19.0 Å². The molecule has 0 aliphatic rings. The van der Waals surface area contributed by atoms with Crippen molar-refractivity contribution < 1.29 is 24.1 Å². The van der Waals surface area contributed by atoms with E-state index in [4.69, 9.17) is 18.9 Å². The van der Waals surface area contributed by atoms with Gasteiger partial charge in [0.15, 0.2) is 11.5 Å². The van der Waals surface area contributed by atoms with Crippen LogP contribution in [-0.4, -0.2) is 33.4 Å². The Kier molecular flexibility index (Phi) is 7.31. The summed E-state index contributed by atoms with van der Waals surface area (Å²) < 4.78 is 22.4. The predicted octanol–water partition coefficient (Wildman–Crippen LogP) is 2.86. The first kappa shape index (κ1) is 20.1. The minimum atomic E-state index is -0.0381. The summed E-state index contributed by atoms with van der Waals surface area (Å²) in [5.74, 6) is 2.22. The number of hydrogen-bond acceptors (Lipinski definition) is 5. The Morgan fingerprint density at radius 1 is 0.962 bits per heavy atom. The van der Waals surface area contributed by atoms with E-state index < -0.39 is 0 Å². The molecule has 0 saturated carbocycles. The third-order valence-electron chi connectivity index (χ3n) is 3.57. The van der Waals surface area contributed by atoms with Gasteiger partial charge >= 0.3 is 0 Å². The summed E-state index contributed by atoms with van der Waals surface area (Å²) in [5.41, 5.74) is 0.596. The SMILES string of the molecule is COc1cc(P=C([O-])c2ccccc2)c(OC)c(OC)c1OCC(C)C. The maximum atomic E-state index is 12.6. The van der Waals surface area contributed by atoms with Crippen LogP contribution in [-0.2, 0) is 0 Å². The first-order valence-electron chi connectivity index (χ1n) is 8.28. The Hall–Kier alpha value is -2.23. The van der Waals surface area contributed by atoms with E-state index in [1.54, 1.807) is 39.5 Å². The molecule has 140 valence electrons. The Bertz CT molecular complexity index is 757. The summed E-state index contributed by atoms with van der Waals surface area (Å²) in [4.78, 5) is 0. The van der Waals surface area contributed by atoms with Crippen LogP contribution in [0.4, 0.5) is 0 Å². The molecular weight excluding hydrogens is 351 g/mol. The summed E-state index contributed by atoms with van der Waals surface area (Å²) in [6.45, 7) is 4.62. The lowest BCUT2D eigenvalue weighted by atomic mass is 10.2. The summed E-state index contributed by atoms with van der Waals surface area (Å²) >= 11 is 0. The van der Waals surface area contributed by atoms with Crippen LogP contribution >= 0.6 is 8.20 Å². The number of rotatable bonds is 8. The largest absolute Gasteiger partial charge is 0.823 e. The Morgan fingerprint density at radius 3 is 2.15 bits per heavy atom. The molecular formula is C20H24O5P-. The van der Waals surface area contributed by atoms with Gasteiger partial charge in [-0.05, 0) is 17.5 Å². The molecule has 0 unspecified atom stereocenters. The van der Waals surface area contributed by atoms with Gasteiger partial charge in [0.05, 0.1) is 33.2 Å². The second-order valence-electron chi connectivity index (χ2n) is 5.98. The smallest absolute Gasteiger partial charge is 0.208 e. The van der Waals surface area contributed by atoms with Gasteiger partial charge in [-0.25, -0.2) is 0 Å². The van der Waals surface area contributed by atoms with Crippen molar-refractivity contribution in [2.24, 2.45) is 5.92 Å². The van der Waals surface area contributed by atoms with Gasteiger partial charge in [0.25, 0.3) is 0 Å². The first-order chi connectivity index (χ1) is 12.5. The predicted molar refractivity (Wildman–Crippen MR) is 104 cm³/mol. The zero-order chi connectivity index (χ0) is 19.1. The topological polar surface area (TPSA) is 60.0 Å². The highest BCUT2D eigenvalue weighted by Crippen LogP contribution is 2.44. The third kappa shape index (κ3) is 4.69. The van der Waals surface area contributed by atoms with E-state index in [0.29, 0.717) is 54.6 Å². The molecule has 5 nitrogen and oxygen atoms in total. The van der Waals surface area contributed by atoms with Crippen LogP contribution in [0.5, 0.6) is 23.0 Å². The highest BCUT2D eigenvalue weighted by Gasteiger charge is 2.21. The van der Waals surface area contributed by atoms with E-state index >= 15 is 0 Å². The Labute approximate surface area is 156 Å². The highest BCUT2D eigenvalue weighted by molar-refractivity contribution is 7.49. The maximum absolute atomic E-state index is 12.6. The van der Waals surface area contributed by atoms with E-state index in [-0.39, 0.29) is 5.48 Å². The molecule has 0 amide bonds. The van der Waals surface area contributed by atoms with Crippen molar-refractivity contribution in [1.82, 2.24) is 0 Å². The fourth-order valence-electron chi connectivity index (χ4n) is 2.35. The van der Waals surface area contributed by atoms with E-state index in [9.17, 15) is 5.11 Å². The van der Waals surface area contributed by atoms with Crippen LogP contribution in [0.2, 0.25) is 0 Å².